The standard InChI is InChI=1S/C17H21N3/c1-12-9-13(2)11-15(10-12)16-5-4-8-20(16)17-18-7-6-14(3)19-17/h6-7,9-11,16H,4-5,8H2,1-3H3. The molecular formula is C17H21N3. The second kappa shape index (κ2) is 5.23. The van der Waals surface area contributed by atoms with Gasteiger partial charge in [-0.2, -0.15) is 0 Å². The van der Waals surface area contributed by atoms with Crippen LogP contribution in [0.3, 0.4) is 0 Å². The van der Waals surface area contributed by atoms with E-state index in [1.807, 2.05) is 19.2 Å². The molecule has 0 N–H and O–H groups in total. The Morgan fingerprint density at radius 2 is 1.85 bits per heavy atom. The van der Waals surface area contributed by atoms with Gasteiger partial charge in [0.15, 0.2) is 0 Å². The third kappa shape index (κ3) is 2.53. The van der Waals surface area contributed by atoms with E-state index < -0.39 is 0 Å². The predicted octanol–water partition coefficient (Wildman–Crippen LogP) is 3.74. The van der Waals surface area contributed by atoms with Crippen molar-refractivity contribution in [2.75, 3.05) is 11.4 Å². The molecule has 1 unspecified atom stereocenters. The van der Waals surface area contributed by atoms with Crippen LogP contribution in [0.2, 0.25) is 0 Å². The first kappa shape index (κ1) is 13.1. The number of anilines is 1. The molecule has 1 aromatic carbocycles. The van der Waals surface area contributed by atoms with Crippen LogP contribution >= 0.6 is 0 Å². The summed E-state index contributed by atoms with van der Waals surface area (Å²) in [6, 6.07) is 9.19. The largest absolute Gasteiger partial charge is 0.334 e. The summed E-state index contributed by atoms with van der Waals surface area (Å²) < 4.78 is 0. The Balaban J connectivity index is 1.96. The van der Waals surface area contributed by atoms with Crippen molar-refractivity contribution in [3.63, 3.8) is 0 Å². The number of rotatable bonds is 2. The van der Waals surface area contributed by atoms with E-state index in [2.05, 4.69) is 46.9 Å². The molecule has 1 atom stereocenters. The maximum Gasteiger partial charge on any atom is 0.226 e. The van der Waals surface area contributed by atoms with E-state index in [-0.39, 0.29) is 0 Å². The van der Waals surface area contributed by atoms with Crippen LogP contribution in [0.15, 0.2) is 30.5 Å². The van der Waals surface area contributed by atoms with Gasteiger partial charge in [0.25, 0.3) is 0 Å². The van der Waals surface area contributed by atoms with Gasteiger partial charge < -0.3 is 4.90 Å². The van der Waals surface area contributed by atoms with Crippen molar-refractivity contribution in [2.24, 2.45) is 0 Å². The summed E-state index contributed by atoms with van der Waals surface area (Å²) >= 11 is 0. The Bertz CT molecular complexity index is 601. The third-order valence-electron chi connectivity index (χ3n) is 3.92. The average Bonchev–Trinajstić information content (AvgIpc) is 2.86. The van der Waals surface area contributed by atoms with Crippen molar-refractivity contribution in [2.45, 2.75) is 39.7 Å². The molecule has 0 aliphatic carbocycles. The highest BCUT2D eigenvalue weighted by Crippen LogP contribution is 2.35. The Labute approximate surface area is 120 Å². The zero-order valence-corrected chi connectivity index (χ0v) is 12.4. The molecule has 0 amide bonds. The Kier molecular flexibility index (Phi) is 3.43. The summed E-state index contributed by atoms with van der Waals surface area (Å²) in [6.45, 7) is 7.39. The summed E-state index contributed by atoms with van der Waals surface area (Å²) in [5, 5.41) is 0. The average molecular weight is 267 g/mol. The van der Waals surface area contributed by atoms with Crippen LogP contribution in [-0.2, 0) is 0 Å². The van der Waals surface area contributed by atoms with E-state index >= 15 is 0 Å². The maximum absolute atomic E-state index is 4.59. The van der Waals surface area contributed by atoms with E-state index in [4.69, 9.17) is 0 Å². The van der Waals surface area contributed by atoms with Crippen molar-refractivity contribution >= 4 is 5.95 Å². The van der Waals surface area contributed by atoms with E-state index in [0.717, 1.165) is 18.2 Å². The van der Waals surface area contributed by atoms with Crippen LogP contribution in [0.25, 0.3) is 0 Å². The van der Waals surface area contributed by atoms with Crippen molar-refractivity contribution in [1.29, 1.82) is 0 Å². The zero-order valence-electron chi connectivity index (χ0n) is 12.4. The first-order chi connectivity index (χ1) is 9.63. The van der Waals surface area contributed by atoms with Gasteiger partial charge in [0.1, 0.15) is 0 Å². The van der Waals surface area contributed by atoms with Gasteiger partial charge in [-0.25, -0.2) is 9.97 Å². The fraction of sp³-hybridized carbons (Fsp3) is 0.412. The fourth-order valence-electron chi connectivity index (χ4n) is 3.13. The Morgan fingerprint density at radius 1 is 1.10 bits per heavy atom. The highest BCUT2D eigenvalue weighted by atomic mass is 15.3. The van der Waals surface area contributed by atoms with Crippen molar-refractivity contribution in [3.05, 3.63) is 52.8 Å². The van der Waals surface area contributed by atoms with Crippen LogP contribution in [0, 0.1) is 20.8 Å². The van der Waals surface area contributed by atoms with Crippen molar-refractivity contribution in [1.82, 2.24) is 9.97 Å². The summed E-state index contributed by atoms with van der Waals surface area (Å²) in [7, 11) is 0. The predicted molar refractivity (Wildman–Crippen MR) is 82.0 cm³/mol. The molecule has 20 heavy (non-hydrogen) atoms. The molecular weight excluding hydrogens is 246 g/mol. The SMILES string of the molecule is Cc1cc(C)cc(C2CCCN2c2nccc(C)n2)c1. The van der Waals surface area contributed by atoms with Crippen molar-refractivity contribution < 1.29 is 0 Å². The van der Waals surface area contributed by atoms with Gasteiger partial charge in [-0.15, -0.1) is 0 Å². The molecule has 1 aliphatic rings. The van der Waals surface area contributed by atoms with Gasteiger partial charge in [-0.3, -0.25) is 0 Å². The highest BCUT2D eigenvalue weighted by Gasteiger charge is 2.28. The van der Waals surface area contributed by atoms with Gasteiger partial charge in [0.2, 0.25) is 5.95 Å². The fourth-order valence-corrected chi connectivity index (χ4v) is 3.13. The third-order valence-corrected chi connectivity index (χ3v) is 3.92. The molecule has 104 valence electrons. The second-order valence-electron chi connectivity index (χ2n) is 5.77. The molecule has 2 heterocycles. The van der Waals surface area contributed by atoms with Crippen LogP contribution in [0.5, 0.6) is 0 Å². The lowest BCUT2D eigenvalue weighted by Crippen LogP contribution is -2.24. The number of aromatic nitrogens is 2. The van der Waals surface area contributed by atoms with Crippen LogP contribution in [-0.4, -0.2) is 16.5 Å². The second-order valence-corrected chi connectivity index (χ2v) is 5.77. The van der Waals surface area contributed by atoms with E-state index in [1.165, 1.54) is 29.5 Å². The molecule has 3 nitrogen and oxygen atoms in total. The van der Waals surface area contributed by atoms with Gasteiger partial charge in [-0.1, -0.05) is 29.3 Å². The molecule has 2 aromatic rings. The lowest BCUT2D eigenvalue weighted by molar-refractivity contribution is 0.699. The van der Waals surface area contributed by atoms with Crippen LogP contribution < -0.4 is 4.90 Å². The Morgan fingerprint density at radius 3 is 2.55 bits per heavy atom. The summed E-state index contributed by atoms with van der Waals surface area (Å²) in [4.78, 5) is 11.4. The number of benzene rings is 1. The van der Waals surface area contributed by atoms with Crippen LogP contribution in [0.4, 0.5) is 5.95 Å². The summed E-state index contributed by atoms with van der Waals surface area (Å²) in [5.41, 5.74) is 5.08. The van der Waals surface area contributed by atoms with E-state index in [1.54, 1.807) is 0 Å². The molecule has 1 fully saturated rings. The zero-order chi connectivity index (χ0) is 14.1. The molecule has 1 aliphatic heterocycles. The van der Waals surface area contributed by atoms with Crippen LogP contribution in [0.1, 0.15) is 41.3 Å². The number of aryl methyl sites for hydroxylation is 3. The molecule has 0 spiro atoms. The van der Waals surface area contributed by atoms with E-state index in [9.17, 15) is 0 Å². The minimum Gasteiger partial charge on any atom is -0.334 e. The molecule has 1 aromatic heterocycles. The van der Waals surface area contributed by atoms with Gasteiger partial charge in [-0.05, 0) is 45.2 Å². The quantitative estimate of drug-likeness (QED) is 0.830. The monoisotopic (exact) mass is 267 g/mol. The smallest absolute Gasteiger partial charge is 0.226 e. The van der Waals surface area contributed by atoms with Crippen molar-refractivity contribution in [3.8, 4) is 0 Å². The molecule has 3 rings (SSSR count). The molecule has 0 bridgehead atoms. The minimum atomic E-state index is 0.412. The topological polar surface area (TPSA) is 29.0 Å². The van der Waals surface area contributed by atoms with Gasteiger partial charge >= 0.3 is 0 Å². The highest BCUT2D eigenvalue weighted by molar-refractivity contribution is 5.41. The number of nitrogens with zero attached hydrogens (tertiary/aromatic N) is 3. The lowest BCUT2D eigenvalue weighted by Gasteiger charge is -2.25. The molecule has 1 saturated heterocycles. The molecule has 0 radical (unpaired) electrons. The number of hydrogen-bond acceptors (Lipinski definition) is 3. The normalized spacial score (nSPS) is 18.6. The van der Waals surface area contributed by atoms with Gasteiger partial charge in [0, 0.05) is 18.4 Å². The summed E-state index contributed by atoms with van der Waals surface area (Å²) in [6.07, 6.45) is 4.24. The first-order valence-electron chi connectivity index (χ1n) is 7.28. The number of hydrogen-bond donors (Lipinski definition) is 0. The van der Waals surface area contributed by atoms with Gasteiger partial charge in [0.05, 0.1) is 6.04 Å². The molecule has 0 saturated carbocycles. The maximum atomic E-state index is 4.59. The molecule has 3 heteroatoms. The Hall–Kier alpha value is -1.90. The minimum absolute atomic E-state index is 0.412. The first-order valence-corrected chi connectivity index (χ1v) is 7.28. The van der Waals surface area contributed by atoms with E-state index in [0.29, 0.717) is 6.04 Å². The summed E-state index contributed by atoms with van der Waals surface area (Å²) in [5.74, 6) is 0.867. The lowest BCUT2D eigenvalue weighted by atomic mass is 10.00.